The van der Waals surface area contributed by atoms with Crippen molar-refractivity contribution in [2.45, 2.75) is 11.1 Å². The Morgan fingerprint density at radius 1 is 1.21 bits per heavy atom. The molecule has 0 radical (unpaired) electrons. The Morgan fingerprint density at radius 3 is 2.26 bits per heavy atom. The third-order valence-corrected chi connectivity index (χ3v) is 3.11. The van der Waals surface area contributed by atoms with E-state index in [0.29, 0.717) is 16.7 Å². The number of alkyl halides is 4. The lowest BCUT2D eigenvalue weighted by Gasteiger charge is -2.12. The topological polar surface area (TPSA) is 36.1 Å². The Labute approximate surface area is 116 Å². The molecule has 0 spiro atoms. The van der Waals surface area contributed by atoms with Gasteiger partial charge in [0.1, 0.15) is 5.70 Å². The highest BCUT2D eigenvalue weighted by molar-refractivity contribution is 6.43. The van der Waals surface area contributed by atoms with Gasteiger partial charge in [-0.2, -0.15) is 18.4 Å². The molecule has 0 aromatic heterocycles. The smallest absolute Gasteiger partial charge is 0.245 e. The van der Waals surface area contributed by atoms with Crippen LogP contribution in [0.15, 0.2) is 41.0 Å². The molecule has 2 rings (SSSR count). The first-order valence-electron chi connectivity index (χ1n) is 5.01. The third kappa shape index (κ3) is 2.60. The summed E-state index contributed by atoms with van der Waals surface area (Å²) in [5.74, 6) is 0. The Morgan fingerprint density at radius 2 is 1.79 bits per heavy atom. The average Bonchev–Trinajstić information content (AvgIpc) is 2.69. The molecule has 0 saturated carbocycles. The number of benzene rings is 1. The number of rotatable bonds is 1. The highest BCUT2D eigenvalue weighted by atomic mass is 35.5. The normalized spacial score (nSPS) is 22.7. The van der Waals surface area contributed by atoms with Crippen molar-refractivity contribution < 1.29 is 13.2 Å². The molecule has 1 atom stereocenters. The summed E-state index contributed by atoms with van der Waals surface area (Å²) >= 11 is 11.6. The predicted molar refractivity (Wildman–Crippen MR) is 66.3 cm³/mol. The first kappa shape index (κ1) is 13.9. The molecule has 1 aromatic rings. The molecule has 7 heteroatoms. The fourth-order valence-electron chi connectivity index (χ4n) is 1.60. The van der Waals surface area contributed by atoms with E-state index in [9.17, 15) is 13.2 Å². The van der Waals surface area contributed by atoms with Crippen LogP contribution >= 0.6 is 23.2 Å². The molecular weight excluding hydrogens is 300 g/mol. The summed E-state index contributed by atoms with van der Waals surface area (Å²) in [7, 11) is 0. The third-order valence-electron chi connectivity index (χ3n) is 2.48. The van der Waals surface area contributed by atoms with Gasteiger partial charge in [-0.05, 0) is 23.8 Å². The molecule has 2 nitrogen and oxygen atoms in total. The number of allylic oxidation sites excluding steroid dienone is 2. The maximum Gasteiger partial charge on any atom is 0.433 e. The van der Waals surface area contributed by atoms with Crippen molar-refractivity contribution in [2.75, 3.05) is 0 Å². The number of aliphatic imine (C=N–C) groups is 1. The largest absolute Gasteiger partial charge is 0.433 e. The quantitative estimate of drug-likeness (QED) is 0.720. The number of nitrogens with zero attached hydrogens (tertiary/aromatic N) is 2. The van der Waals surface area contributed by atoms with E-state index in [4.69, 9.17) is 28.5 Å². The maximum absolute atomic E-state index is 12.6. The second-order valence-electron chi connectivity index (χ2n) is 3.82. The van der Waals surface area contributed by atoms with Crippen LogP contribution in [0, 0.1) is 11.3 Å². The lowest BCUT2D eigenvalue weighted by atomic mass is 9.98. The van der Waals surface area contributed by atoms with Gasteiger partial charge in [0.2, 0.25) is 0 Å². The summed E-state index contributed by atoms with van der Waals surface area (Å²) in [4.78, 5) is 1.52. The number of nitriles is 1. The van der Waals surface area contributed by atoms with E-state index in [1.165, 1.54) is 24.3 Å². The second-order valence-corrected chi connectivity index (χ2v) is 4.85. The van der Waals surface area contributed by atoms with Crippen LogP contribution in [0.2, 0.25) is 5.02 Å². The van der Waals surface area contributed by atoms with E-state index in [2.05, 4.69) is 4.99 Å². The van der Waals surface area contributed by atoms with Crippen molar-refractivity contribution in [3.63, 3.8) is 0 Å². The Balaban J connectivity index is 2.52. The molecule has 1 aliphatic heterocycles. The maximum atomic E-state index is 12.6. The Bertz CT molecular complexity index is 611. The Hall–Kier alpha value is -1.51. The van der Waals surface area contributed by atoms with Crippen LogP contribution < -0.4 is 0 Å². The van der Waals surface area contributed by atoms with Crippen LogP contribution in [0.1, 0.15) is 5.56 Å². The van der Waals surface area contributed by atoms with Crippen molar-refractivity contribution in [2.24, 2.45) is 4.99 Å². The van der Waals surface area contributed by atoms with E-state index in [1.54, 1.807) is 6.07 Å². The minimum atomic E-state index is -4.65. The first-order valence-corrected chi connectivity index (χ1v) is 5.77. The van der Waals surface area contributed by atoms with Crippen LogP contribution in [0.3, 0.4) is 0 Å². The summed E-state index contributed by atoms with van der Waals surface area (Å²) in [6.45, 7) is 0. The molecule has 1 aromatic carbocycles. The van der Waals surface area contributed by atoms with Gasteiger partial charge in [0, 0.05) is 5.02 Å². The predicted octanol–water partition coefficient (Wildman–Crippen LogP) is 4.09. The molecule has 19 heavy (non-hydrogen) atoms. The molecule has 1 aliphatic rings. The zero-order valence-electron chi connectivity index (χ0n) is 9.17. The van der Waals surface area contributed by atoms with Crippen molar-refractivity contribution >= 4 is 28.9 Å². The van der Waals surface area contributed by atoms with E-state index in [-0.39, 0.29) is 5.71 Å². The van der Waals surface area contributed by atoms with Gasteiger partial charge in [-0.1, -0.05) is 35.3 Å². The minimum absolute atomic E-state index is 0.152. The zero-order valence-corrected chi connectivity index (χ0v) is 10.7. The van der Waals surface area contributed by atoms with Crippen LogP contribution in [-0.4, -0.2) is 16.8 Å². The highest BCUT2D eigenvalue weighted by Gasteiger charge is 2.45. The molecular formula is C12H5Cl2F3N2. The van der Waals surface area contributed by atoms with E-state index >= 15 is 0 Å². The fraction of sp³-hybridized carbons (Fsp3) is 0.167. The van der Waals surface area contributed by atoms with Crippen molar-refractivity contribution in [3.05, 3.63) is 46.6 Å². The number of halogens is 5. The van der Waals surface area contributed by atoms with E-state index < -0.39 is 16.7 Å². The van der Waals surface area contributed by atoms with Crippen molar-refractivity contribution in [3.8, 4) is 6.07 Å². The zero-order chi connectivity index (χ0) is 14.3. The van der Waals surface area contributed by atoms with Gasteiger partial charge in [0.25, 0.3) is 0 Å². The van der Waals surface area contributed by atoms with Crippen LogP contribution in [0.5, 0.6) is 0 Å². The summed E-state index contributed by atoms with van der Waals surface area (Å²) in [6, 6.07) is 7.52. The second kappa shape index (κ2) is 4.55. The lowest BCUT2D eigenvalue weighted by molar-refractivity contribution is -0.0921. The first-order chi connectivity index (χ1) is 8.76. The van der Waals surface area contributed by atoms with Gasteiger partial charge in [-0.25, -0.2) is 4.99 Å². The van der Waals surface area contributed by atoms with Gasteiger partial charge >= 0.3 is 6.18 Å². The van der Waals surface area contributed by atoms with Gasteiger partial charge in [-0.3, -0.25) is 0 Å². The Kier molecular flexibility index (Phi) is 3.33. The van der Waals surface area contributed by atoms with Gasteiger partial charge in [-0.15, -0.1) is 0 Å². The van der Waals surface area contributed by atoms with Gasteiger partial charge < -0.3 is 0 Å². The van der Waals surface area contributed by atoms with Crippen LogP contribution in [0.25, 0.3) is 0 Å². The van der Waals surface area contributed by atoms with Gasteiger partial charge in [0.05, 0.1) is 11.8 Å². The SMILES string of the molecule is N#CC1(Cl)C=C(C(F)(F)F)N=C1c1ccc(Cl)cc1. The molecule has 1 heterocycles. The van der Waals surface area contributed by atoms with E-state index in [0.717, 1.165) is 0 Å². The van der Waals surface area contributed by atoms with Crippen molar-refractivity contribution in [1.29, 1.82) is 5.26 Å². The minimum Gasteiger partial charge on any atom is -0.245 e. The number of hydrogen-bond acceptors (Lipinski definition) is 2. The fourth-order valence-corrected chi connectivity index (χ4v) is 1.98. The molecule has 0 aliphatic carbocycles. The molecule has 0 amide bonds. The summed E-state index contributed by atoms with van der Waals surface area (Å²) in [5, 5.41) is 9.41. The van der Waals surface area contributed by atoms with Crippen LogP contribution in [-0.2, 0) is 0 Å². The monoisotopic (exact) mass is 304 g/mol. The average molecular weight is 305 g/mol. The molecule has 98 valence electrons. The molecule has 0 fully saturated rings. The standard InChI is InChI=1S/C12H5Cl2F3N2/c13-8-3-1-7(2-4-8)10-11(14,6-18)5-9(19-10)12(15,16)17/h1-5H. The van der Waals surface area contributed by atoms with E-state index in [1.807, 2.05) is 0 Å². The number of hydrogen-bond donors (Lipinski definition) is 0. The summed E-state index contributed by atoms with van der Waals surface area (Å²) in [5.41, 5.74) is -1.01. The van der Waals surface area contributed by atoms with Crippen LogP contribution in [0.4, 0.5) is 13.2 Å². The lowest BCUT2D eigenvalue weighted by Crippen LogP contribution is -2.26. The molecule has 1 unspecified atom stereocenters. The highest BCUT2D eigenvalue weighted by Crippen LogP contribution is 2.38. The van der Waals surface area contributed by atoms with Crippen molar-refractivity contribution in [1.82, 2.24) is 0 Å². The van der Waals surface area contributed by atoms with Gasteiger partial charge in [0.15, 0.2) is 4.87 Å². The summed E-state index contributed by atoms with van der Waals surface area (Å²) in [6.07, 6.45) is -4.04. The molecule has 0 N–H and O–H groups in total. The molecule has 0 saturated heterocycles. The molecule has 0 bridgehead atoms. The summed E-state index contributed by atoms with van der Waals surface area (Å²) < 4.78 is 37.9.